The standard InChI is InChI=1S/C28H34N8O3.3H2/c1-35(2)9-5-8-25(37)31-21-14-19(15-23(17-21)38-3)26-24(18-29)27(30)34-28(33-26)32-20-6-4-7-22(16-20)36-10-12-39-13-11-36;;;/h4-8,14-18,29H,9-13H2,1-3H3,(H,31,37)(H3,30,32,33,34);3*1H/b8-5+,29-18?;;;. The van der Waals surface area contributed by atoms with Crippen LogP contribution < -0.4 is 26.0 Å². The molecular formula is C28H40N8O3. The third kappa shape index (κ3) is 7.30. The Morgan fingerprint density at radius 1 is 1.21 bits per heavy atom. The first-order chi connectivity index (χ1) is 18.9. The second-order valence-corrected chi connectivity index (χ2v) is 9.22. The molecule has 1 aromatic heterocycles. The van der Waals surface area contributed by atoms with Crippen molar-refractivity contribution >= 4 is 41.0 Å². The first-order valence-corrected chi connectivity index (χ1v) is 12.6. The average molecular weight is 537 g/mol. The number of methoxy groups -OCH3 is 1. The van der Waals surface area contributed by atoms with Gasteiger partial charge in [0.25, 0.3) is 0 Å². The molecule has 0 aliphatic carbocycles. The molecule has 4 rings (SSSR count). The number of carbonyl (C=O) groups excluding carboxylic acids is 1. The van der Waals surface area contributed by atoms with Crippen LogP contribution in [0.5, 0.6) is 5.75 Å². The zero-order valence-electron chi connectivity index (χ0n) is 22.4. The van der Waals surface area contributed by atoms with Crippen LogP contribution in [0.15, 0.2) is 54.6 Å². The van der Waals surface area contributed by atoms with Crippen LogP contribution >= 0.6 is 0 Å². The maximum Gasteiger partial charge on any atom is 0.248 e. The number of nitrogens with zero attached hydrogens (tertiary/aromatic N) is 4. The smallest absolute Gasteiger partial charge is 0.248 e. The van der Waals surface area contributed by atoms with Crippen molar-refractivity contribution in [1.82, 2.24) is 14.9 Å². The third-order valence-corrected chi connectivity index (χ3v) is 6.02. The largest absolute Gasteiger partial charge is 0.497 e. The number of morpholine rings is 1. The highest BCUT2D eigenvalue weighted by atomic mass is 16.5. The number of benzene rings is 2. The van der Waals surface area contributed by atoms with Gasteiger partial charge in [-0.3, -0.25) is 4.79 Å². The normalized spacial score (nSPS) is 13.5. The fourth-order valence-corrected chi connectivity index (χ4v) is 4.12. The van der Waals surface area contributed by atoms with Gasteiger partial charge in [-0.25, -0.2) is 4.98 Å². The van der Waals surface area contributed by atoms with E-state index in [1.54, 1.807) is 31.4 Å². The average Bonchev–Trinajstić information content (AvgIpc) is 2.93. The first-order valence-electron chi connectivity index (χ1n) is 12.6. The van der Waals surface area contributed by atoms with Gasteiger partial charge in [-0.1, -0.05) is 12.1 Å². The number of nitrogen functional groups attached to an aromatic ring is 1. The van der Waals surface area contributed by atoms with E-state index in [-0.39, 0.29) is 22.0 Å². The van der Waals surface area contributed by atoms with E-state index in [4.69, 9.17) is 25.6 Å². The van der Waals surface area contributed by atoms with Gasteiger partial charge in [0, 0.05) is 64.9 Å². The zero-order valence-corrected chi connectivity index (χ0v) is 22.4. The van der Waals surface area contributed by atoms with Crippen molar-refractivity contribution in [3.05, 3.63) is 60.2 Å². The van der Waals surface area contributed by atoms with Crippen molar-refractivity contribution < 1.29 is 18.5 Å². The first kappa shape index (κ1) is 27.6. The molecule has 0 unspecified atom stereocenters. The minimum atomic E-state index is -0.270. The van der Waals surface area contributed by atoms with Crippen LogP contribution in [-0.2, 0) is 9.53 Å². The van der Waals surface area contributed by atoms with Crippen LogP contribution in [-0.4, -0.2) is 81.0 Å². The second kappa shape index (κ2) is 12.9. The number of hydrogen-bond acceptors (Lipinski definition) is 10. The van der Waals surface area contributed by atoms with Crippen LogP contribution in [0.3, 0.4) is 0 Å². The second-order valence-electron chi connectivity index (χ2n) is 9.22. The molecule has 11 nitrogen and oxygen atoms in total. The lowest BCUT2D eigenvalue weighted by Gasteiger charge is -2.29. The van der Waals surface area contributed by atoms with E-state index in [0.29, 0.717) is 48.0 Å². The van der Waals surface area contributed by atoms with Crippen LogP contribution in [0.1, 0.15) is 9.84 Å². The van der Waals surface area contributed by atoms with Crippen LogP contribution in [0, 0.1) is 5.41 Å². The fourth-order valence-electron chi connectivity index (χ4n) is 4.12. The van der Waals surface area contributed by atoms with E-state index in [2.05, 4.69) is 26.6 Å². The van der Waals surface area contributed by atoms with E-state index in [1.807, 2.05) is 37.2 Å². The highest BCUT2D eigenvalue weighted by Crippen LogP contribution is 2.32. The Morgan fingerprint density at radius 3 is 2.72 bits per heavy atom. The van der Waals surface area contributed by atoms with Gasteiger partial charge in [-0.15, -0.1) is 0 Å². The van der Waals surface area contributed by atoms with Crippen molar-refractivity contribution in [2.45, 2.75) is 0 Å². The van der Waals surface area contributed by atoms with Crippen molar-refractivity contribution in [3.8, 4) is 17.0 Å². The lowest BCUT2D eigenvalue weighted by Crippen LogP contribution is -2.36. The summed E-state index contributed by atoms with van der Waals surface area (Å²) >= 11 is 0. The number of likely N-dealkylation sites (N-methyl/N-ethyl adjacent to an activating group) is 1. The van der Waals surface area contributed by atoms with E-state index in [9.17, 15) is 4.79 Å². The number of nitrogens with one attached hydrogen (secondary N) is 3. The molecule has 1 amide bonds. The number of amides is 1. The highest BCUT2D eigenvalue weighted by molar-refractivity contribution is 6.00. The Morgan fingerprint density at radius 2 is 2.00 bits per heavy atom. The summed E-state index contributed by atoms with van der Waals surface area (Å²) in [5.74, 6) is 0.683. The van der Waals surface area contributed by atoms with Gasteiger partial charge in [-0.2, -0.15) is 4.98 Å². The van der Waals surface area contributed by atoms with Gasteiger partial charge < -0.3 is 41.1 Å². The molecule has 1 fully saturated rings. The Balaban J connectivity index is 0.00000294. The minimum Gasteiger partial charge on any atom is -0.497 e. The summed E-state index contributed by atoms with van der Waals surface area (Å²) in [7, 11) is 5.39. The summed E-state index contributed by atoms with van der Waals surface area (Å²) in [6.45, 7) is 3.68. The van der Waals surface area contributed by atoms with E-state index >= 15 is 0 Å². The Labute approximate surface area is 232 Å². The third-order valence-electron chi connectivity index (χ3n) is 6.02. The number of nitrogens with two attached hydrogens (primary N) is 1. The number of carbonyl (C=O) groups is 1. The summed E-state index contributed by atoms with van der Waals surface area (Å²) in [4.78, 5) is 25.8. The van der Waals surface area contributed by atoms with Gasteiger partial charge in [0.05, 0.1) is 31.6 Å². The Kier molecular flexibility index (Phi) is 9.08. The monoisotopic (exact) mass is 536 g/mol. The minimum absolute atomic E-state index is 0. The molecule has 0 bridgehead atoms. The number of anilines is 5. The van der Waals surface area contributed by atoms with E-state index in [1.165, 1.54) is 6.08 Å². The predicted molar refractivity (Wildman–Crippen MR) is 162 cm³/mol. The molecule has 1 saturated heterocycles. The number of aromatic nitrogens is 2. The van der Waals surface area contributed by atoms with Crippen molar-refractivity contribution in [3.63, 3.8) is 0 Å². The predicted octanol–water partition coefficient (Wildman–Crippen LogP) is 4.11. The number of ether oxygens (including phenoxy) is 2. The van der Waals surface area contributed by atoms with Gasteiger partial charge in [0.15, 0.2) is 0 Å². The lowest BCUT2D eigenvalue weighted by atomic mass is 10.1. The molecule has 5 N–H and O–H groups in total. The molecule has 210 valence electrons. The van der Waals surface area contributed by atoms with Crippen molar-refractivity contribution in [2.24, 2.45) is 0 Å². The summed E-state index contributed by atoms with van der Waals surface area (Å²) in [6.07, 6.45) is 4.38. The highest BCUT2D eigenvalue weighted by Gasteiger charge is 2.16. The van der Waals surface area contributed by atoms with Crippen LogP contribution in [0.25, 0.3) is 11.3 Å². The lowest BCUT2D eigenvalue weighted by molar-refractivity contribution is -0.111. The Hall–Kier alpha value is -4.48. The number of rotatable bonds is 10. The molecule has 11 heteroatoms. The zero-order chi connectivity index (χ0) is 27.8. The molecule has 0 radical (unpaired) electrons. The number of hydrogen-bond donors (Lipinski definition) is 4. The fraction of sp³-hybridized carbons (Fsp3) is 0.286. The summed E-state index contributed by atoms with van der Waals surface area (Å²) in [6, 6.07) is 13.2. The molecule has 0 spiro atoms. The Bertz CT molecular complexity index is 1370. The molecule has 1 aliphatic heterocycles. The summed E-state index contributed by atoms with van der Waals surface area (Å²) in [5, 5.41) is 14.1. The van der Waals surface area contributed by atoms with E-state index < -0.39 is 0 Å². The molecule has 2 heterocycles. The molecule has 0 saturated carbocycles. The van der Waals surface area contributed by atoms with E-state index in [0.717, 1.165) is 30.7 Å². The quantitative estimate of drug-likeness (QED) is 0.222. The molecule has 39 heavy (non-hydrogen) atoms. The molecule has 2 aromatic carbocycles. The van der Waals surface area contributed by atoms with Crippen LogP contribution in [0.4, 0.5) is 28.8 Å². The van der Waals surface area contributed by atoms with Gasteiger partial charge in [0.1, 0.15) is 11.6 Å². The molecule has 1 aliphatic rings. The maximum atomic E-state index is 12.5. The summed E-state index contributed by atoms with van der Waals surface area (Å²) in [5.41, 5.74) is 10.1. The SMILES string of the molecule is COc1cc(NC(=O)/C=C/CN(C)C)cc(-c2nc(Nc3cccc(N4CCOCC4)c3)nc(N)c2C=N)c1.[HH].[HH].[HH]. The molecule has 3 aromatic rings. The van der Waals surface area contributed by atoms with Gasteiger partial charge in [0.2, 0.25) is 11.9 Å². The molecular weight excluding hydrogens is 496 g/mol. The van der Waals surface area contributed by atoms with Crippen molar-refractivity contribution in [1.29, 1.82) is 5.41 Å². The van der Waals surface area contributed by atoms with Gasteiger partial charge in [-0.05, 0) is 44.4 Å². The van der Waals surface area contributed by atoms with Crippen molar-refractivity contribution in [2.75, 3.05) is 75.3 Å². The van der Waals surface area contributed by atoms with Gasteiger partial charge >= 0.3 is 0 Å². The van der Waals surface area contributed by atoms with Crippen LogP contribution in [0.2, 0.25) is 0 Å². The maximum absolute atomic E-state index is 12.5. The summed E-state index contributed by atoms with van der Waals surface area (Å²) < 4.78 is 10.9. The molecule has 0 atom stereocenters. The topological polar surface area (TPSA) is 142 Å².